The van der Waals surface area contributed by atoms with E-state index in [1.165, 1.54) is 0 Å². The second kappa shape index (κ2) is 5.16. The van der Waals surface area contributed by atoms with Gasteiger partial charge in [0, 0.05) is 6.42 Å². The van der Waals surface area contributed by atoms with Crippen molar-refractivity contribution in [2.45, 2.75) is 25.7 Å². The summed E-state index contributed by atoms with van der Waals surface area (Å²) < 4.78 is 13.1. The molecular formula is C13H14FNO3. The second-order valence-corrected chi connectivity index (χ2v) is 4.54. The smallest absolute Gasteiger partial charge is 0.337 e. The molecule has 1 saturated carbocycles. The minimum atomic E-state index is -1.19. The lowest BCUT2D eigenvalue weighted by atomic mass is 9.83. The molecule has 5 heteroatoms. The summed E-state index contributed by atoms with van der Waals surface area (Å²) in [4.78, 5) is 22.6. The molecule has 0 atom stereocenters. The van der Waals surface area contributed by atoms with E-state index in [0.717, 1.165) is 37.5 Å². The van der Waals surface area contributed by atoms with Crippen molar-refractivity contribution in [1.29, 1.82) is 0 Å². The number of carbonyl (C=O) groups is 2. The minimum Gasteiger partial charge on any atom is -0.478 e. The Bertz CT molecular complexity index is 483. The molecular weight excluding hydrogens is 237 g/mol. The molecule has 2 N–H and O–H groups in total. The fraction of sp³-hybridized carbons (Fsp3) is 0.385. The van der Waals surface area contributed by atoms with Crippen LogP contribution in [0, 0.1) is 11.7 Å². The molecule has 96 valence electrons. The van der Waals surface area contributed by atoms with Crippen LogP contribution in [0.1, 0.15) is 36.0 Å². The van der Waals surface area contributed by atoms with Gasteiger partial charge in [-0.25, -0.2) is 9.18 Å². The number of amides is 1. The van der Waals surface area contributed by atoms with E-state index in [9.17, 15) is 14.0 Å². The number of benzene rings is 1. The van der Waals surface area contributed by atoms with E-state index in [4.69, 9.17) is 5.11 Å². The van der Waals surface area contributed by atoms with E-state index in [1.807, 2.05) is 0 Å². The fourth-order valence-electron chi connectivity index (χ4n) is 1.97. The first kappa shape index (κ1) is 12.5. The first-order valence-electron chi connectivity index (χ1n) is 5.89. The normalized spacial score (nSPS) is 14.9. The molecule has 2 rings (SSSR count). The Kier molecular flexibility index (Phi) is 3.60. The molecule has 1 amide bonds. The van der Waals surface area contributed by atoms with Crippen LogP contribution in [0.15, 0.2) is 18.2 Å². The van der Waals surface area contributed by atoms with E-state index in [0.29, 0.717) is 12.3 Å². The number of aromatic carboxylic acids is 1. The first-order valence-corrected chi connectivity index (χ1v) is 5.89. The zero-order valence-electron chi connectivity index (χ0n) is 9.78. The topological polar surface area (TPSA) is 66.4 Å². The number of nitrogens with one attached hydrogen (secondary N) is 1. The molecule has 1 aliphatic carbocycles. The van der Waals surface area contributed by atoms with Crippen LogP contribution in [0.2, 0.25) is 0 Å². The van der Waals surface area contributed by atoms with Crippen LogP contribution in [0.3, 0.4) is 0 Å². The van der Waals surface area contributed by atoms with Gasteiger partial charge in [0.1, 0.15) is 5.82 Å². The van der Waals surface area contributed by atoms with Crippen LogP contribution in [0.4, 0.5) is 10.1 Å². The lowest BCUT2D eigenvalue weighted by Gasteiger charge is -2.24. The van der Waals surface area contributed by atoms with Crippen molar-refractivity contribution >= 4 is 17.6 Å². The summed E-state index contributed by atoms with van der Waals surface area (Å²) in [6.45, 7) is 0. The van der Waals surface area contributed by atoms with Crippen LogP contribution in [-0.2, 0) is 4.79 Å². The quantitative estimate of drug-likeness (QED) is 0.864. The average molecular weight is 251 g/mol. The highest BCUT2D eigenvalue weighted by atomic mass is 19.1. The summed E-state index contributed by atoms with van der Waals surface area (Å²) >= 11 is 0. The zero-order chi connectivity index (χ0) is 13.1. The number of carbonyl (C=O) groups excluding carboxylic acids is 1. The third-order valence-electron chi connectivity index (χ3n) is 3.18. The lowest BCUT2D eigenvalue weighted by Crippen LogP contribution is -2.21. The number of carboxylic acids is 1. The van der Waals surface area contributed by atoms with Crippen LogP contribution in [0.5, 0.6) is 0 Å². The zero-order valence-corrected chi connectivity index (χ0v) is 9.78. The Morgan fingerprint density at radius 3 is 2.67 bits per heavy atom. The highest BCUT2D eigenvalue weighted by Crippen LogP contribution is 2.29. The Labute approximate surface area is 104 Å². The summed E-state index contributed by atoms with van der Waals surface area (Å²) in [7, 11) is 0. The molecule has 1 aromatic carbocycles. The van der Waals surface area contributed by atoms with Gasteiger partial charge >= 0.3 is 5.97 Å². The van der Waals surface area contributed by atoms with Gasteiger partial charge in [-0.3, -0.25) is 4.79 Å². The Hall–Kier alpha value is -1.91. The molecule has 1 aromatic rings. The van der Waals surface area contributed by atoms with Crippen LogP contribution in [0.25, 0.3) is 0 Å². The molecule has 0 bridgehead atoms. The number of hydrogen-bond donors (Lipinski definition) is 2. The van der Waals surface area contributed by atoms with Gasteiger partial charge < -0.3 is 10.4 Å². The maximum Gasteiger partial charge on any atom is 0.337 e. The van der Waals surface area contributed by atoms with Gasteiger partial charge in [0.15, 0.2) is 0 Å². The summed E-state index contributed by atoms with van der Waals surface area (Å²) in [5.41, 5.74) is -0.0785. The monoisotopic (exact) mass is 251 g/mol. The largest absolute Gasteiger partial charge is 0.478 e. The van der Waals surface area contributed by atoms with Gasteiger partial charge in [-0.15, -0.1) is 0 Å². The molecule has 0 unspecified atom stereocenters. The number of halogens is 1. The van der Waals surface area contributed by atoms with Gasteiger partial charge in [-0.2, -0.15) is 0 Å². The predicted octanol–water partition coefficient (Wildman–Crippen LogP) is 2.65. The molecule has 1 fully saturated rings. The molecule has 18 heavy (non-hydrogen) atoms. The van der Waals surface area contributed by atoms with E-state index in [-0.39, 0.29) is 17.2 Å². The Morgan fingerprint density at radius 2 is 2.11 bits per heavy atom. The molecule has 1 aliphatic rings. The van der Waals surface area contributed by atoms with Crippen LogP contribution in [-0.4, -0.2) is 17.0 Å². The van der Waals surface area contributed by atoms with Gasteiger partial charge in [0.05, 0.1) is 11.3 Å². The SMILES string of the molecule is O=C(CC1CCC1)Nc1cc(F)ccc1C(=O)O. The number of rotatable bonds is 4. The summed E-state index contributed by atoms with van der Waals surface area (Å²) in [5.74, 6) is -1.63. The van der Waals surface area contributed by atoms with Crippen molar-refractivity contribution in [1.82, 2.24) is 0 Å². The van der Waals surface area contributed by atoms with Crippen LogP contribution >= 0.6 is 0 Å². The molecule has 0 aliphatic heterocycles. The Morgan fingerprint density at radius 1 is 1.39 bits per heavy atom. The lowest BCUT2D eigenvalue weighted by molar-refractivity contribution is -0.117. The van der Waals surface area contributed by atoms with Crippen molar-refractivity contribution in [3.05, 3.63) is 29.6 Å². The van der Waals surface area contributed by atoms with Gasteiger partial charge in [0.2, 0.25) is 5.91 Å². The van der Waals surface area contributed by atoms with E-state index < -0.39 is 11.8 Å². The van der Waals surface area contributed by atoms with E-state index >= 15 is 0 Å². The Balaban J connectivity index is 2.08. The average Bonchev–Trinajstić information content (AvgIpc) is 2.23. The molecule has 0 aromatic heterocycles. The second-order valence-electron chi connectivity index (χ2n) is 4.54. The summed E-state index contributed by atoms with van der Waals surface area (Å²) in [6.07, 6.45) is 3.57. The molecule has 0 heterocycles. The highest BCUT2D eigenvalue weighted by molar-refractivity contribution is 6.00. The van der Waals surface area contributed by atoms with E-state index in [1.54, 1.807) is 0 Å². The highest BCUT2D eigenvalue weighted by Gasteiger charge is 2.21. The van der Waals surface area contributed by atoms with Crippen molar-refractivity contribution in [3.8, 4) is 0 Å². The van der Waals surface area contributed by atoms with Crippen molar-refractivity contribution in [3.63, 3.8) is 0 Å². The third kappa shape index (κ3) is 2.85. The maximum absolute atomic E-state index is 13.1. The van der Waals surface area contributed by atoms with Crippen LogP contribution < -0.4 is 5.32 Å². The maximum atomic E-state index is 13.1. The minimum absolute atomic E-state index is 0.0202. The molecule has 0 radical (unpaired) electrons. The predicted molar refractivity (Wildman–Crippen MR) is 63.9 cm³/mol. The molecule has 4 nitrogen and oxygen atoms in total. The third-order valence-corrected chi connectivity index (χ3v) is 3.18. The standard InChI is InChI=1S/C13H14FNO3/c14-9-4-5-10(13(17)18)11(7-9)15-12(16)6-8-2-1-3-8/h4-5,7-8H,1-3,6H2,(H,15,16)(H,17,18). The molecule has 0 spiro atoms. The van der Waals surface area contributed by atoms with Crippen molar-refractivity contribution < 1.29 is 19.1 Å². The summed E-state index contributed by atoms with van der Waals surface area (Å²) in [6, 6.07) is 3.24. The number of carboxylic acid groups (broad SMARTS) is 1. The van der Waals surface area contributed by atoms with Crippen molar-refractivity contribution in [2.75, 3.05) is 5.32 Å². The van der Waals surface area contributed by atoms with Gasteiger partial charge in [0.25, 0.3) is 0 Å². The van der Waals surface area contributed by atoms with E-state index in [2.05, 4.69) is 5.32 Å². The molecule has 0 saturated heterocycles. The van der Waals surface area contributed by atoms with Gasteiger partial charge in [-0.1, -0.05) is 6.42 Å². The fourth-order valence-corrected chi connectivity index (χ4v) is 1.97. The summed E-state index contributed by atoms with van der Waals surface area (Å²) in [5, 5.41) is 11.4. The first-order chi connectivity index (χ1) is 8.56. The number of hydrogen-bond acceptors (Lipinski definition) is 2. The van der Waals surface area contributed by atoms with Gasteiger partial charge in [-0.05, 0) is 37.0 Å². The number of anilines is 1. The van der Waals surface area contributed by atoms with Crippen molar-refractivity contribution in [2.24, 2.45) is 5.92 Å².